The van der Waals surface area contributed by atoms with Gasteiger partial charge in [-0.3, -0.25) is 9.59 Å². The number of likely N-dealkylation sites (tertiary alicyclic amines) is 1. The minimum absolute atomic E-state index is 0.0596. The molecule has 0 aliphatic carbocycles. The predicted octanol–water partition coefficient (Wildman–Crippen LogP) is 1.52. The largest absolute Gasteiger partial charge is 0.389 e. The molecule has 2 unspecified atom stereocenters. The van der Waals surface area contributed by atoms with E-state index in [0.29, 0.717) is 29.5 Å². The Labute approximate surface area is 141 Å². The second-order valence-electron chi connectivity index (χ2n) is 6.01. The molecule has 2 amide bonds. The Hall–Kier alpha value is -1.53. The molecule has 6 heteroatoms. The zero-order valence-corrected chi connectivity index (χ0v) is 14.4. The van der Waals surface area contributed by atoms with Crippen LogP contribution in [0.25, 0.3) is 0 Å². The third kappa shape index (κ3) is 5.25. The van der Waals surface area contributed by atoms with Crippen molar-refractivity contribution in [2.45, 2.75) is 37.7 Å². The second kappa shape index (κ2) is 8.36. The van der Waals surface area contributed by atoms with Crippen LogP contribution < -0.4 is 5.32 Å². The van der Waals surface area contributed by atoms with E-state index in [9.17, 15) is 14.7 Å². The number of thioether (sulfide) groups is 1. The Balaban J connectivity index is 1.85. The van der Waals surface area contributed by atoms with Gasteiger partial charge in [-0.25, -0.2) is 0 Å². The number of nitrogens with one attached hydrogen (secondary N) is 1. The van der Waals surface area contributed by atoms with E-state index in [4.69, 9.17) is 0 Å². The van der Waals surface area contributed by atoms with E-state index < -0.39 is 6.10 Å². The van der Waals surface area contributed by atoms with E-state index in [1.165, 1.54) is 0 Å². The lowest BCUT2D eigenvalue weighted by atomic mass is 10.0. The van der Waals surface area contributed by atoms with Crippen molar-refractivity contribution in [3.63, 3.8) is 0 Å². The summed E-state index contributed by atoms with van der Waals surface area (Å²) in [5.74, 6) is 0.258. The molecule has 0 aromatic heterocycles. The number of hydrogen-bond donors (Lipinski definition) is 2. The topological polar surface area (TPSA) is 69.6 Å². The number of benzene rings is 1. The van der Waals surface area contributed by atoms with Crippen LogP contribution in [-0.2, 0) is 4.79 Å². The number of aliphatic hydroxyl groups is 1. The molecule has 1 aromatic rings. The number of hydrogen-bond acceptors (Lipinski definition) is 4. The first-order chi connectivity index (χ1) is 11.0. The highest BCUT2D eigenvalue weighted by molar-refractivity contribution is 8.00. The maximum Gasteiger partial charge on any atom is 0.253 e. The number of rotatable bonds is 5. The minimum Gasteiger partial charge on any atom is -0.389 e. The first kappa shape index (κ1) is 17.8. The van der Waals surface area contributed by atoms with Crippen molar-refractivity contribution in [1.29, 1.82) is 0 Å². The Morgan fingerprint density at radius 3 is 2.65 bits per heavy atom. The average Bonchev–Trinajstić information content (AvgIpc) is 2.55. The summed E-state index contributed by atoms with van der Waals surface area (Å²) in [7, 11) is 0. The fraction of sp³-hybridized carbons (Fsp3) is 0.529. The van der Waals surface area contributed by atoms with E-state index in [1.54, 1.807) is 28.8 Å². The van der Waals surface area contributed by atoms with Crippen LogP contribution in [0.5, 0.6) is 0 Å². The van der Waals surface area contributed by atoms with Crippen LogP contribution >= 0.6 is 11.8 Å². The highest BCUT2D eigenvalue weighted by atomic mass is 32.2. The molecule has 1 heterocycles. The predicted molar refractivity (Wildman–Crippen MR) is 92.5 cm³/mol. The third-order valence-corrected chi connectivity index (χ3v) is 4.88. The molecule has 1 aliphatic rings. The number of carbonyl (C=O) groups excluding carboxylic acids is 2. The van der Waals surface area contributed by atoms with Gasteiger partial charge < -0.3 is 15.3 Å². The summed E-state index contributed by atoms with van der Waals surface area (Å²) in [5.41, 5.74) is 0.621. The Bertz CT molecular complexity index is 536. The molecule has 2 N–H and O–H groups in total. The van der Waals surface area contributed by atoms with Gasteiger partial charge in [0.25, 0.3) is 5.91 Å². The van der Waals surface area contributed by atoms with Gasteiger partial charge in [0.15, 0.2) is 0 Å². The van der Waals surface area contributed by atoms with Crippen molar-refractivity contribution < 1.29 is 14.7 Å². The van der Waals surface area contributed by atoms with Gasteiger partial charge >= 0.3 is 0 Å². The summed E-state index contributed by atoms with van der Waals surface area (Å²) in [6, 6.07) is 8.77. The summed E-state index contributed by atoms with van der Waals surface area (Å²) >= 11 is 1.57. The van der Waals surface area contributed by atoms with E-state index in [0.717, 1.165) is 0 Å². The summed E-state index contributed by atoms with van der Waals surface area (Å²) in [6.07, 6.45) is -0.165. The average molecular weight is 336 g/mol. The monoisotopic (exact) mass is 336 g/mol. The minimum atomic E-state index is -0.732. The fourth-order valence-electron chi connectivity index (χ4n) is 2.54. The Morgan fingerprint density at radius 2 is 2.04 bits per heavy atom. The number of aliphatic hydroxyl groups excluding tert-OH is 1. The third-order valence-electron chi connectivity index (χ3n) is 3.78. The maximum absolute atomic E-state index is 12.4. The maximum atomic E-state index is 12.4. The van der Waals surface area contributed by atoms with Gasteiger partial charge in [-0.1, -0.05) is 32.0 Å². The molecule has 0 radical (unpaired) electrons. The van der Waals surface area contributed by atoms with E-state index in [2.05, 4.69) is 5.32 Å². The van der Waals surface area contributed by atoms with Crippen molar-refractivity contribution in [2.75, 3.05) is 18.8 Å². The smallest absolute Gasteiger partial charge is 0.253 e. The van der Waals surface area contributed by atoms with Crippen molar-refractivity contribution >= 4 is 23.6 Å². The lowest BCUT2D eigenvalue weighted by Crippen LogP contribution is -2.55. The van der Waals surface area contributed by atoms with Crippen molar-refractivity contribution in [3.05, 3.63) is 35.9 Å². The Kier molecular flexibility index (Phi) is 6.47. The zero-order valence-electron chi connectivity index (χ0n) is 13.6. The molecule has 0 saturated carbocycles. The molecule has 0 bridgehead atoms. The molecule has 126 valence electrons. The second-order valence-corrected chi connectivity index (χ2v) is 7.57. The molecular weight excluding hydrogens is 312 g/mol. The SMILES string of the molecule is CC(C)SCC(=O)NC1CCN(C(=O)c2ccccc2)CC1O. The van der Waals surface area contributed by atoms with E-state index in [-0.39, 0.29) is 24.4 Å². The van der Waals surface area contributed by atoms with Gasteiger partial charge in [-0.15, -0.1) is 11.8 Å². The molecule has 2 atom stereocenters. The molecule has 1 fully saturated rings. The van der Waals surface area contributed by atoms with E-state index >= 15 is 0 Å². The van der Waals surface area contributed by atoms with Crippen LogP contribution in [-0.4, -0.2) is 58.1 Å². The van der Waals surface area contributed by atoms with Gasteiger partial charge in [0.1, 0.15) is 0 Å². The summed E-state index contributed by atoms with van der Waals surface area (Å²) in [5, 5.41) is 13.5. The van der Waals surface area contributed by atoms with Gasteiger partial charge in [-0.05, 0) is 23.8 Å². The van der Waals surface area contributed by atoms with E-state index in [1.807, 2.05) is 32.0 Å². The molecule has 0 spiro atoms. The highest BCUT2D eigenvalue weighted by Crippen LogP contribution is 2.15. The number of carbonyl (C=O) groups is 2. The number of amides is 2. The molecule has 1 aromatic carbocycles. The molecule has 2 rings (SSSR count). The summed E-state index contributed by atoms with van der Waals surface area (Å²) in [4.78, 5) is 25.9. The van der Waals surface area contributed by atoms with Crippen molar-refractivity contribution in [1.82, 2.24) is 10.2 Å². The van der Waals surface area contributed by atoms with Gasteiger partial charge in [-0.2, -0.15) is 0 Å². The molecule has 1 aliphatic heterocycles. The first-order valence-corrected chi connectivity index (χ1v) is 8.95. The number of piperidine rings is 1. The van der Waals surface area contributed by atoms with Crippen LogP contribution in [0.2, 0.25) is 0 Å². The lowest BCUT2D eigenvalue weighted by molar-refractivity contribution is -0.120. The molecule has 1 saturated heterocycles. The summed E-state index contributed by atoms with van der Waals surface area (Å²) < 4.78 is 0. The summed E-state index contributed by atoms with van der Waals surface area (Å²) in [6.45, 7) is 4.87. The lowest BCUT2D eigenvalue weighted by Gasteiger charge is -2.36. The van der Waals surface area contributed by atoms with Crippen LogP contribution in [0.4, 0.5) is 0 Å². The Morgan fingerprint density at radius 1 is 1.35 bits per heavy atom. The number of nitrogens with zero attached hydrogens (tertiary/aromatic N) is 1. The van der Waals surface area contributed by atoms with Crippen LogP contribution in [0.3, 0.4) is 0 Å². The number of β-amino-alcohol motifs (C(OH)–C–C–N with tert-alkyl or cyclic N) is 1. The fourth-order valence-corrected chi connectivity index (χ4v) is 3.11. The van der Waals surface area contributed by atoms with Crippen molar-refractivity contribution in [2.24, 2.45) is 0 Å². The normalized spacial score (nSPS) is 21.3. The zero-order chi connectivity index (χ0) is 16.8. The quantitative estimate of drug-likeness (QED) is 0.855. The van der Waals surface area contributed by atoms with Crippen LogP contribution in [0.1, 0.15) is 30.6 Å². The van der Waals surface area contributed by atoms with Gasteiger partial charge in [0, 0.05) is 18.7 Å². The highest BCUT2D eigenvalue weighted by Gasteiger charge is 2.31. The first-order valence-electron chi connectivity index (χ1n) is 7.90. The standard InChI is InChI=1S/C17H24N2O3S/c1-12(2)23-11-16(21)18-14-8-9-19(10-15(14)20)17(22)13-6-4-3-5-7-13/h3-7,12,14-15,20H,8-11H2,1-2H3,(H,18,21). The molecular formula is C17H24N2O3S. The van der Waals surface area contributed by atoms with Gasteiger partial charge in [0.05, 0.1) is 17.9 Å². The van der Waals surface area contributed by atoms with Gasteiger partial charge in [0.2, 0.25) is 5.91 Å². The molecule has 23 heavy (non-hydrogen) atoms. The van der Waals surface area contributed by atoms with Crippen LogP contribution in [0, 0.1) is 0 Å². The molecule has 5 nitrogen and oxygen atoms in total. The van der Waals surface area contributed by atoms with Crippen molar-refractivity contribution in [3.8, 4) is 0 Å². The van der Waals surface area contributed by atoms with Crippen LogP contribution in [0.15, 0.2) is 30.3 Å².